The summed E-state index contributed by atoms with van der Waals surface area (Å²) in [6, 6.07) is 29.6. The lowest BCUT2D eigenvalue weighted by Gasteiger charge is -2.06. The van der Waals surface area contributed by atoms with E-state index < -0.39 is 0 Å². The van der Waals surface area contributed by atoms with Crippen molar-refractivity contribution >= 4 is 33.5 Å². The summed E-state index contributed by atoms with van der Waals surface area (Å²) >= 11 is 6.24. The molecule has 0 bridgehead atoms. The number of rotatable bonds is 3. The summed E-state index contributed by atoms with van der Waals surface area (Å²) in [5.41, 5.74) is 4.16. The fourth-order valence-corrected chi connectivity index (χ4v) is 3.90. The van der Waals surface area contributed by atoms with Crippen molar-refractivity contribution in [2.45, 2.75) is 0 Å². The van der Waals surface area contributed by atoms with Crippen LogP contribution in [-0.2, 0) is 0 Å². The van der Waals surface area contributed by atoms with E-state index in [2.05, 4.69) is 19.9 Å². The van der Waals surface area contributed by atoms with Crippen molar-refractivity contribution in [3.05, 3.63) is 96.3 Å². The second kappa shape index (κ2) is 7.55. The Hall–Kier alpha value is -4.09. The van der Waals surface area contributed by atoms with Gasteiger partial charge >= 0.3 is 0 Å². The van der Waals surface area contributed by atoms with E-state index in [0.717, 1.165) is 38.6 Å². The molecule has 6 aromatic rings. The normalized spacial score (nSPS) is 11.3. The van der Waals surface area contributed by atoms with Gasteiger partial charge in [-0.2, -0.15) is 9.97 Å². The molecule has 0 radical (unpaired) electrons. The molecule has 0 unspecified atom stereocenters. The standard InChI is InChI=1S/C26H15ClN4O/c27-26-30-23(17-7-3-1-4-8-17)29-24(31-26)19-12-11-16-13-14-21-22(20(16)15-19)32-25(28-21)18-9-5-2-6-10-18/h1-15H. The smallest absolute Gasteiger partial charge is 0.227 e. The van der Waals surface area contributed by atoms with E-state index in [0.29, 0.717) is 17.5 Å². The fourth-order valence-electron chi connectivity index (χ4n) is 3.74. The van der Waals surface area contributed by atoms with E-state index in [1.807, 2.05) is 91.0 Å². The zero-order valence-electron chi connectivity index (χ0n) is 16.7. The van der Waals surface area contributed by atoms with Crippen molar-refractivity contribution < 1.29 is 4.42 Å². The number of hydrogen-bond donors (Lipinski definition) is 0. The predicted octanol–water partition coefficient (Wildman–Crippen LogP) is 6.82. The van der Waals surface area contributed by atoms with Crippen molar-refractivity contribution in [2.24, 2.45) is 0 Å². The maximum absolute atomic E-state index is 6.24. The molecule has 0 N–H and O–H groups in total. The first kappa shape index (κ1) is 18.7. The number of halogens is 1. The van der Waals surface area contributed by atoms with Crippen LogP contribution in [-0.4, -0.2) is 19.9 Å². The van der Waals surface area contributed by atoms with Crippen LogP contribution in [0.4, 0.5) is 0 Å². The lowest BCUT2D eigenvalue weighted by molar-refractivity contribution is 0.623. The van der Waals surface area contributed by atoms with Crippen LogP contribution in [0.2, 0.25) is 5.28 Å². The summed E-state index contributed by atoms with van der Waals surface area (Å²) in [5, 5.41) is 2.13. The maximum atomic E-state index is 6.24. The molecule has 0 aliphatic carbocycles. The molecule has 4 aromatic carbocycles. The molecule has 6 rings (SSSR count). The monoisotopic (exact) mass is 434 g/mol. The van der Waals surface area contributed by atoms with Crippen LogP contribution in [0.15, 0.2) is 95.4 Å². The third kappa shape index (κ3) is 3.29. The van der Waals surface area contributed by atoms with E-state index in [1.165, 1.54) is 0 Å². The Morgan fingerprint density at radius 2 is 1.25 bits per heavy atom. The van der Waals surface area contributed by atoms with Gasteiger partial charge in [-0.05, 0) is 41.3 Å². The zero-order valence-corrected chi connectivity index (χ0v) is 17.5. The fraction of sp³-hybridized carbons (Fsp3) is 0. The molecule has 2 heterocycles. The Kier molecular flexibility index (Phi) is 4.40. The lowest BCUT2D eigenvalue weighted by Crippen LogP contribution is -1.97. The maximum Gasteiger partial charge on any atom is 0.227 e. The minimum Gasteiger partial charge on any atom is -0.435 e. The van der Waals surface area contributed by atoms with Gasteiger partial charge < -0.3 is 4.42 Å². The van der Waals surface area contributed by atoms with Crippen LogP contribution in [0, 0.1) is 0 Å². The van der Waals surface area contributed by atoms with Gasteiger partial charge in [-0.3, -0.25) is 0 Å². The molecule has 5 nitrogen and oxygen atoms in total. The minimum absolute atomic E-state index is 0.151. The van der Waals surface area contributed by atoms with Crippen molar-refractivity contribution in [2.75, 3.05) is 0 Å². The molecule has 0 saturated heterocycles. The van der Waals surface area contributed by atoms with E-state index >= 15 is 0 Å². The van der Waals surface area contributed by atoms with E-state index in [1.54, 1.807) is 0 Å². The lowest BCUT2D eigenvalue weighted by atomic mass is 10.1. The summed E-state index contributed by atoms with van der Waals surface area (Å²) in [7, 11) is 0. The molecule has 0 saturated carbocycles. The second-order valence-electron chi connectivity index (χ2n) is 7.35. The van der Waals surface area contributed by atoms with Crippen LogP contribution in [0.25, 0.3) is 56.1 Å². The van der Waals surface area contributed by atoms with E-state index in [4.69, 9.17) is 16.0 Å². The average molecular weight is 435 g/mol. The quantitative estimate of drug-likeness (QED) is 0.305. The Bertz CT molecular complexity index is 1580. The highest BCUT2D eigenvalue weighted by atomic mass is 35.5. The molecule has 32 heavy (non-hydrogen) atoms. The first-order chi connectivity index (χ1) is 15.7. The zero-order chi connectivity index (χ0) is 21.5. The highest BCUT2D eigenvalue weighted by Gasteiger charge is 2.14. The first-order valence-corrected chi connectivity index (χ1v) is 10.5. The van der Waals surface area contributed by atoms with Gasteiger partial charge in [0.05, 0.1) is 0 Å². The first-order valence-electron chi connectivity index (χ1n) is 10.1. The van der Waals surface area contributed by atoms with Crippen LogP contribution in [0.3, 0.4) is 0 Å². The highest BCUT2D eigenvalue weighted by molar-refractivity contribution is 6.28. The van der Waals surface area contributed by atoms with Gasteiger partial charge in [0.2, 0.25) is 11.2 Å². The number of nitrogens with zero attached hydrogens (tertiary/aromatic N) is 4. The van der Waals surface area contributed by atoms with Gasteiger partial charge in [-0.15, -0.1) is 0 Å². The molecule has 0 fully saturated rings. The van der Waals surface area contributed by atoms with Gasteiger partial charge in [0.25, 0.3) is 0 Å². The van der Waals surface area contributed by atoms with Crippen LogP contribution < -0.4 is 0 Å². The third-order valence-electron chi connectivity index (χ3n) is 5.29. The molecule has 0 aliphatic heterocycles. The van der Waals surface area contributed by atoms with Gasteiger partial charge in [0, 0.05) is 22.1 Å². The summed E-state index contributed by atoms with van der Waals surface area (Å²) in [5.74, 6) is 1.63. The molecule has 6 heteroatoms. The minimum atomic E-state index is 0.151. The molecule has 0 aliphatic rings. The number of fused-ring (bicyclic) bond motifs is 3. The number of oxazole rings is 1. The van der Waals surface area contributed by atoms with Gasteiger partial charge in [-0.25, -0.2) is 9.97 Å². The highest BCUT2D eigenvalue weighted by Crippen LogP contribution is 2.32. The second-order valence-corrected chi connectivity index (χ2v) is 7.69. The molecular weight excluding hydrogens is 420 g/mol. The summed E-state index contributed by atoms with van der Waals surface area (Å²) in [6.07, 6.45) is 0. The van der Waals surface area contributed by atoms with Crippen LogP contribution in [0.1, 0.15) is 0 Å². The van der Waals surface area contributed by atoms with Gasteiger partial charge in [0.15, 0.2) is 17.2 Å². The number of hydrogen-bond acceptors (Lipinski definition) is 5. The molecule has 152 valence electrons. The van der Waals surface area contributed by atoms with Gasteiger partial charge in [-0.1, -0.05) is 66.7 Å². The number of aromatic nitrogens is 4. The summed E-state index contributed by atoms with van der Waals surface area (Å²) in [6.45, 7) is 0. The van der Waals surface area contributed by atoms with Gasteiger partial charge in [0.1, 0.15) is 5.52 Å². The third-order valence-corrected chi connectivity index (χ3v) is 5.46. The molecule has 0 spiro atoms. The SMILES string of the molecule is Clc1nc(-c2ccccc2)nc(-c2ccc3ccc4nc(-c5ccccc5)oc4c3c2)n1. The Morgan fingerprint density at radius 1 is 0.594 bits per heavy atom. The van der Waals surface area contributed by atoms with E-state index in [9.17, 15) is 0 Å². The van der Waals surface area contributed by atoms with Crippen molar-refractivity contribution in [3.8, 4) is 34.2 Å². The Balaban J connectivity index is 1.51. The summed E-state index contributed by atoms with van der Waals surface area (Å²) < 4.78 is 6.18. The number of benzene rings is 4. The Morgan fingerprint density at radius 3 is 2.00 bits per heavy atom. The predicted molar refractivity (Wildman–Crippen MR) is 126 cm³/mol. The molecular formula is C26H15ClN4O. The van der Waals surface area contributed by atoms with Crippen LogP contribution in [0.5, 0.6) is 0 Å². The van der Waals surface area contributed by atoms with Crippen molar-refractivity contribution in [3.63, 3.8) is 0 Å². The van der Waals surface area contributed by atoms with Crippen LogP contribution >= 0.6 is 11.6 Å². The Labute approximate surface area is 188 Å². The summed E-state index contributed by atoms with van der Waals surface area (Å²) in [4.78, 5) is 18.0. The largest absolute Gasteiger partial charge is 0.435 e. The molecule has 0 atom stereocenters. The van der Waals surface area contributed by atoms with E-state index in [-0.39, 0.29) is 5.28 Å². The molecule has 0 amide bonds. The topological polar surface area (TPSA) is 64.7 Å². The van der Waals surface area contributed by atoms with Crippen molar-refractivity contribution in [1.29, 1.82) is 0 Å². The van der Waals surface area contributed by atoms with Crippen molar-refractivity contribution in [1.82, 2.24) is 19.9 Å². The molecule has 2 aromatic heterocycles. The average Bonchev–Trinajstić information content (AvgIpc) is 3.29.